The summed E-state index contributed by atoms with van der Waals surface area (Å²) in [5.41, 5.74) is 1.56. The van der Waals surface area contributed by atoms with Crippen molar-refractivity contribution >= 4 is 11.3 Å². The van der Waals surface area contributed by atoms with Gasteiger partial charge in [-0.1, -0.05) is 6.92 Å². The molecule has 1 aliphatic heterocycles. The van der Waals surface area contributed by atoms with Crippen molar-refractivity contribution in [2.75, 3.05) is 19.6 Å². The maximum Gasteiger partial charge on any atom is 0.0247 e. The van der Waals surface area contributed by atoms with E-state index >= 15 is 0 Å². The molecule has 2 heterocycles. The zero-order valence-electron chi connectivity index (χ0n) is 10.3. The highest BCUT2D eigenvalue weighted by atomic mass is 32.1. The van der Waals surface area contributed by atoms with E-state index in [0.717, 1.165) is 19.6 Å². The molecule has 0 amide bonds. The van der Waals surface area contributed by atoms with E-state index in [2.05, 4.69) is 35.5 Å². The smallest absolute Gasteiger partial charge is 0.0247 e. The first-order valence-electron chi connectivity index (χ1n) is 6.31. The molecule has 1 aliphatic rings. The minimum Gasteiger partial charge on any atom is -0.317 e. The number of fused-ring (bicyclic) bond motifs is 1. The molecule has 2 rings (SSSR count). The number of thiophene rings is 1. The average Bonchev–Trinajstić information content (AvgIpc) is 2.76. The number of hydrogen-bond acceptors (Lipinski definition) is 3. The molecule has 2 nitrogen and oxygen atoms in total. The van der Waals surface area contributed by atoms with Gasteiger partial charge < -0.3 is 5.32 Å². The molecule has 1 aromatic rings. The number of nitrogens with zero attached hydrogens (tertiary/aromatic N) is 1. The standard InChI is InChI=1S/C13H22N2S/c1-3-14-7-4-11(2)15-8-5-13-12(10-15)6-9-16-13/h6,9,11,14H,3-5,7-8,10H2,1-2H3. The molecular formula is C13H22N2S. The van der Waals surface area contributed by atoms with Gasteiger partial charge in [-0.2, -0.15) is 0 Å². The lowest BCUT2D eigenvalue weighted by atomic mass is 10.1. The van der Waals surface area contributed by atoms with Crippen molar-refractivity contribution in [3.63, 3.8) is 0 Å². The summed E-state index contributed by atoms with van der Waals surface area (Å²) >= 11 is 1.92. The van der Waals surface area contributed by atoms with Crippen molar-refractivity contribution < 1.29 is 0 Å². The Labute approximate surface area is 103 Å². The molecule has 1 aromatic heterocycles. The molecule has 0 aliphatic carbocycles. The van der Waals surface area contributed by atoms with Gasteiger partial charge >= 0.3 is 0 Å². The van der Waals surface area contributed by atoms with Crippen LogP contribution in [0.2, 0.25) is 0 Å². The summed E-state index contributed by atoms with van der Waals surface area (Å²) < 4.78 is 0. The van der Waals surface area contributed by atoms with Gasteiger partial charge in [-0.3, -0.25) is 4.90 Å². The second kappa shape index (κ2) is 5.80. The van der Waals surface area contributed by atoms with E-state index in [-0.39, 0.29) is 0 Å². The zero-order chi connectivity index (χ0) is 11.4. The third-order valence-corrected chi connectivity index (χ3v) is 4.47. The average molecular weight is 238 g/mol. The van der Waals surface area contributed by atoms with E-state index < -0.39 is 0 Å². The molecule has 0 aromatic carbocycles. The molecule has 0 saturated carbocycles. The number of nitrogens with one attached hydrogen (secondary N) is 1. The van der Waals surface area contributed by atoms with Gasteiger partial charge in [0, 0.05) is 24.0 Å². The van der Waals surface area contributed by atoms with Crippen LogP contribution in [-0.2, 0) is 13.0 Å². The van der Waals surface area contributed by atoms with E-state index in [4.69, 9.17) is 0 Å². The Morgan fingerprint density at radius 1 is 1.56 bits per heavy atom. The van der Waals surface area contributed by atoms with Crippen LogP contribution in [0.1, 0.15) is 30.7 Å². The largest absolute Gasteiger partial charge is 0.317 e. The van der Waals surface area contributed by atoms with Gasteiger partial charge in [0.05, 0.1) is 0 Å². The Hall–Kier alpha value is -0.380. The molecule has 0 saturated heterocycles. The van der Waals surface area contributed by atoms with Crippen LogP contribution < -0.4 is 5.32 Å². The first-order valence-corrected chi connectivity index (χ1v) is 7.19. The molecule has 90 valence electrons. The van der Waals surface area contributed by atoms with Crippen LogP contribution in [-0.4, -0.2) is 30.6 Å². The second-order valence-electron chi connectivity index (χ2n) is 4.58. The first-order chi connectivity index (χ1) is 7.81. The minimum absolute atomic E-state index is 0.701. The van der Waals surface area contributed by atoms with Gasteiger partial charge in [-0.15, -0.1) is 11.3 Å². The molecule has 0 radical (unpaired) electrons. The van der Waals surface area contributed by atoms with E-state index in [0.29, 0.717) is 6.04 Å². The highest BCUT2D eigenvalue weighted by Crippen LogP contribution is 2.25. The fourth-order valence-electron chi connectivity index (χ4n) is 2.32. The van der Waals surface area contributed by atoms with Crippen molar-refractivity contribution in [3.8, 4) is 0 Å². The monoisotopic (exact) mass is 238 g/mol. The Bertz CT molecular complexity index is 321. The maximum atomic E-state index is 3.41. The van der Waals surface area contributed by atoms with Gasteiger partial charge in [-0.05, 0) is 49.9 Å². The molecule has 0 bridgehead atoms. The Balaban J connectivity index is 1.83. The maximum absolute atomic E-state index is 3.41. The molecule has 1 unspecified atom stereocenters. The lowest BCUT2D eigenvalue weighted by Crippen LogP contribution is -2.38. The van der Waals surface area contributed by atoms with Crippen LogP contribution in [0.15, 0.2) is 11.4 Å². The summed E-state index contributed by atoms with van der Waals surface area (Å²) in [6.45, 7) is 9.15. The molecule has 3 heteroatoms. The van der Waals surface area contributed by atoms with Crippen molar-refractivity contribution in [2.24, 2.45) is 0 Å². The van der Waals surface area contributed by atoms with Crippen LogP contribution >= 0.6 is 11.3 Å². The van der Waals surface area contributed by atoms with Crippen LogP contribution in [0.3, 0.4) is 0 Å². The zero-order valence-corrected chi connectivity index (χ0v) is 11.1. The molecule has 0 spiro atoms. The van der Waals surface area contributed by atoms with Crippen LogP contribution in [0.5, 0.6) is 0 Å². The highest BCUT2D eigenvalue weighted by molar-refractivity contribution is 7.10. The second-order valence-corrected chi connectivity index (χ2v) is 5.58. The van der Waals surface area contributed by atoms with Gasteiger partial charge in [0.1, 0.15) is 0 Å². The summed E-state index contributed by atoms with van der Waals surface area (Å²) in [7, 11) is 0. The Morgan fingerprint density at radius 3 is 3.25 bits per heavy atom. The summed E-state index contributed by atoms with van der Waals surface area (Å²) in [6.07, 6.45) is 2.51. The molecule has 16 heavy (non-hydrogen) atoms. The summed E-state index contributed by atoms with van der Waals surface area (Å²) in [5.74, 6) is 0. The van der Waals surface area contributed by atoms with Gasteiger partial charge in [0.15, 0.2) is 0 Å². The third kappa shape index (κ3) is 2.84. The normalized spacial score (nSPS) is 18.4. The first kappa shape index (κ1) is 12.1. The minimum atomic E-state index is 0.701. The van der Waals surface area contributed by atoms with E-state index in [1.807, 2.05) is 11.3 Å². The number of rotatable bonds is 5. The third-order valence-electron chi connectivity index (χ3n) is 3.45. The van der Waals surface area contributed by atoms with E-state index in [1.54, 1.807) is 10.4 Å². The predicted octanol–water partition coefficient (Wildman–Crippen LogP) is 2.49. The molecule has 1 atom stereocenters. The Kier molecular flexibility index (Phi) is 4.38. The van der Waals surface area contributed by atoms with Crippen molar-refractivity contribution in [1.82, 2.24) is 10.2 Å². The van der Waals surface area contributed by atoms with Gasteiger partial charge in [0.2, 0.25) is 0 Å². The fourth-order valence-corrected chi connectivity index (χ4v) is 3.21. The lowest BCUT2D eigenvalue weighted by molar-refractivity contribution is 0.183. The van der Waals surface area contributed by atoms with Crippen molar-refractivity contribution in [3.05, 3.63) is 21.9 Å². The van der Waals surface area contributed by atoms with Crippen LogP contribution in [0.4, 0.5) is 0 Å². The summed E-state index contributed by atoms with van der Waals surface area (Å²) in [5, 5.41) is 5.64. The molecular weight excluding hydrogens is 216 g/mol. The topological polar surface area (TPSA) is 15.3 Å². The van der Waals surface area contributed by atoms with Crippen LogP contribution in [0, 0.1) is 0 Å². The fraction of sp³-hybridized carbons (Fsp3) is 0.692. The quantitative estimate of drug-likeness (QED) is 0.793. The summed E-state index contributed by atoms with van der Waals surface area (Å²) in [6, 6.07) is 3.00. The molecule has 1 N–H and O–H groups in total. The van der Waals surface area contributed by atoms with Gasteiger partial charge in [-0.25, -0.2) is 0 Å². The van der Waals surface area contributed by atoms with Crippen molar-refractivity contribution in [2.45, 2.75) is 39.3 Å². The predicted molar refractivity (Wildman–Crippen MR) is 71.1 cm³/mol. The van der Waals surface area contributed by atoms with E-state index in [1.165, 1.54) is 19.4 Å². The molecule has 0 fully saturated rings. The van der Waals surface area contributed by atoms with Gasteiger partial charge in [0.25, 0.3) is 0 Å². The van der Waals surface area contributed by atoms with E-state index in [9.17, 15) is 0 Å². The SMILES string of the molecule is CCNCCC(C)N1CCc2sccc2C1. The number of hydrogen-bond donors (Lipinski definition) is 1. The van der Waals surface area contributed by atoms with Crippen LogP contribution in [0.25, 0.3) is 0 Å². The summed E-state index contributed by atoms with van der Waals surface area (Å²) in [4.78, 5) is 4.22. The lowest BCUT2D eigenvalue weighted by Gasteiger charge is -2.32. The Morgan fingerprint density at radius 2 is 2.44 bits per heavy atom. The van der Waals surface area contributed by atoms with Crippen molar-refractivity contribution in [1.29, 1.82) is 0 Å². The highest BCUT2D eigenvalue weighted by Gasteiger charge is 2.20.